The fourth-order valence-electron chi connectivity index (χ4n) is 2.53. The molecule has 0 unspecified atom stereocenters. The number of amidine groups is 1. The van der Waals surface area contributed by atoms with Gasteiger partial charge < -0.3 is 10.5 Å². The van der Waals surface area contributed by atoms with Gasteiger partial charge in [0.1, 0.15) is 17.4 Å². The van der Waals surface area contributed by atoms with Crippen molar-refractivity contribution in [3.63, 3.8) is 0 Å². The zero-order chi connectivity index (χ0) is 18.0. The van der Waals surface area contributed by atoms with Gasteiger partial charge in [0.15, 0.2) is 0 Å². The average Bonchev–Trinajstić information content (AvgIpc) is 2.49. The molecule has 0 spiro atoms. The number of nitrogens with two attached hydrogens (primary N) is 1. The van der Waals surface area contributed by atoms with Gasteiger partial charge in [-0.25, -0.2) is 8.42 Å². The van der Waals surface area contributed by atoms with E-state index in [0.29, 0.717) is 36.3 Å². The molecule has 0 bridgehead atoms. The zero-order valence-corrected chi connectivity index (χ0v) is 15.1. The van der Waals surface area contributed by atoms with Crippen molar-refractivity contribution in [1.82, 2.24) is 0 Å². The molecule has 1 aliphatic rings. The summed E-state index contributed by atoms with van der Waals surface area (Å²) in [6.45, 7) is 6.33. The van der Waals surface area contributed by atoms with Crippen LogP contribution in [0.4, 0.5) is 0 Å². The van der Waals surface area contributed by atoms with Gasteiger partial charge in [-0.2, -0.15) is 0 Å². The normalized spacial score (nSPS) is 16.2. The molecule has 1 aromatic rings. The van der Waals surface area contributed by atoms with Crippen molar-refractivity contribution >= 4 is 21.6 Å². The second-order valence-electron chi connectivity index (χ2n) is 6.84. The highest BCUT2D eigenvalue weighted by Gasteiger charge is 2.26. The smallest absolute Gasteiger partial charge is 0.259 e. The first-order valence-corrected chi connectivity index (χ1v) is 9.59. The Morgan fingerprint density at radius 3 is 2.75 bits per heavy atom. The largest absolute Gasteiger partial charge is 0.492 e. The van der Waals surface area contributed by atoms with Gasteiger partial charge >= 0.3 is 0 Å². The molecule has 1 aliphatic heterocycles. The number of nitrogens with zero attached hydrogens (tertiary/aromatic N) is 1. The minimum absolute atomic E-state index is 0.0363. The zero-order valence-electron chi connectivity index (χ0n) is 14.3. The van der Waals surface area contributed by atoms with Gasteiger partial charge in [0.05, 0.1) is 17.9 Å². The third-order valence-corrected chi connectivity index (χ3v) is 5.19. The van der Waals surface area contributed by atoms with Crippen molar-refractivity contribution in [2.24, 2.45) is 15.5 Å². The fourth-order valence-corrected chi connectivity index (χ4v) is 3.62. The number of hydrogen-bond donors (Lipinski definition) is 1. The molecule has 0 fully saturated rings. The molecule has 6 nitrogen and oxygen atoms in total. The summed E-state index contributed by atoms with van der Waals surface area (Å²) in [5, 5.41) is 0. The van der Waals surface area contributed by atoms with Gasteiger partial charge in [0.2, 0.25) is 0 Å². The Morgan fingerprint density at radius 1 is 1.38 bits per heavy atom. The summed E-state index contributed by atoms with van der Waals surface area (Å²) in [4.78, 5) is 11.5. The van der Waals surface area contributed by atoms with Gasteiger partial charge in [-0.15, -0.1) is 4.40 Å². The average molecular weight is 352 g/mol. The van der Waals surface area contributed by atoms with Crippen LogP contribution < -0.4 is 10.5 Å². The lowest BCUT2D eigenvalue weighted by molar-refractivity contribution is -0.119. The van der Waals surface area contributed by atoms with Crippen LogP contribution in [-0.2, 0) is 20.6 Å². The van der Waals surface area contributed by atoms with Crippen LogP contribution in [0.3, 0.4) is 0 Å². The maximum absolute atomic E-state index is 11.7. The molecule has 24 heavy (non-hydrogen) atoms. The van der Waals surface area contributed by atoms with Crippen LogP contribution in [-0.4, -0.2) is 26.6 Å². The van der Waals surface area contributed by atoms with E-state index in [0.717, 1.165) is 6.42 Å². The molecule has 0 radical (unpaired) electrons. The number of Topliss-reactive ketones (excluding diaryl/α,β-unsaturated/α-hetero) is 1. The lowest BCUT2D eigenvalue weighted by Crippen LogP contribution is -2.27. The van der Waals surface area contributed by atoms with E-state index in [2.05, 4.69) is 4.40 Å². The number of benzene rings is 1. The molecule has 0 amide bonds. The molecule has 2 N–H and O–H groups in total. The third kappa shape index (κ3) is 4.56. The van der Waals surface area contributed by atoms with E-state index < -0.39 is 10.0 Å². The molecule has 132 valence electrons. The maximum atomic E-state index is 11.7. The second kappa shape index (κ2) is 6.93. The first-order valence-electron chi connectivity index (χ1n) is 7.98. The van der Waals surface area contributed by atoms with E-state index in [1.165, 1.54) is 0 Å². The van der Waals surface area contributed by atoms with Crippen LogP contribution in [0.5, 0.6) is 5.75 Å². The topological polar surface area (TPSA) is 98.8 Å². The van der Waals surface area contributed by atoms with E-state index in [4.69, 9.17) is 10.5 Å². The van der Waals surface area contributed by atoms with Gasteiger partial charge in [-0.3, -0.25) is 4.79 Å². The molecule has 2 rings (SSSR count). The standard InChI is InChI=1S/C17H24N2O4S/c1-4-13(20)8-9-17(2,3)11-23-14-7-5-6-12-10-24(21,22)19-16(18)15(12)14/h5-7H,4,8-11H2,1-3H3,(H2,18,19). The number of ether oxygens (including phenoxy) is 1. The van der Waals surface area contributed by atoms with E-state index >= 15 is 0 Å². The van der Waals surface area contributed by atoms with Crippen LogP contribution in [0, 0.1) is 5.41 Å². The molecule has 0 aliphatic carbocycles. The van der Waals surface area contributed by atoms with Gasteiger partial charge in [0.25, 0.3) is 10.0 Å². The minimum Gasteiger partial charge on any atom is -0.492 e. The number of rotatable bonds is 7. The Balaban J connectivity index is 2.14. The first-order chi connectivity index (χ1) is 11.1. The van der Waals surface area contributed by atoms with Crippen LogP contribution in [0.25, 0.3) is 0 Å². The molecule has 1 aromatic carbocycles. The minimum atomic E-state index is -3.56. The summed E-state index contributed by atoms with van der Waals surface area (Å²) in [5.41, 5.74) is 6.79. The highest BCUT2D eigenvalue weighted by molar-refractivity contribution is 7.89. The van der Waals surface area contributed by atoms with Crippen molar-refractivity contribution in [2.45, 2.75) is 45.8 Å². The number of ketones is 1. The van der Waals surface area contributed by atoms with Crippen LogP contribution in [0.15, 0.2) is 22.6 Å². The van der Waals surface area contributed by atoms with E-state index in [-0.39, 0.29) is 22.8 Å². The first kappa shape index (κ1) is 18.4. The number of carbonyl (C=O) groups is 1. The molecule has 0 saturated carbocycles. The molecule has 0 saturated heterocycles. The molecule has 0 aromatic heterocycles. The Morgan fingerprint density at radius 2 is 2.08 bits per heavy atom. The lowest BCUT2D eigenvalue weighted by Gasteiger charge is -2.26. The highest BCUT2D eigenvalue weighted by Crippen LogP contribution is 2.30. The summed E-state index contributed by atoms with van der Waals surface area (Å²) in [5.74, 6) is 0.556. The van der Waals surface area contributed by atoms with Crippen LogP contribution >= 0.6 is 0 Å². The van der Waals surface area contributed by atoms with Gasteiger partial charge in [0, 0.05) is 12.8 Å². The predicted octanol–water partition coefficient (Wildman–Crippen LogP) is 2.40. The van der Waals surface area contributed by atoms with Crippen molar-refractivity contribution in [3.05, 3.63) is 29.3 Å². The van der Waals surface area contributed by atoms with Crippen LogP contribution in [0.1, 0.15) is 51.2 Å². The molecule has 0 atom stereocenters. The molecular formula is C17H24N2O4S. The van der Waals surface area contributed by atoms with E-state index in [1.54, 1.807) is 18.2 Å². The van der Waals surface area contributed by atoms with Crippen molar-refractivity contribution < 1.29 is 17.9 Å². The Hall–Kier alpha value is -1.89. The lowest BCUT2D eigenvalue weighted by atomic mass is 9.87. The Bertz CT molecular complexity index is 767. The van der Waals surface area contributed by atoms with Crippen molar-refractivity contribution in [1.29, 1.82) is 0 Å². The Labute approximate surface area is 143 Å². The number of carbonyl (C=O) groups excluding carboxylic acids is 1. The van der Waals surface area contributed by atoms with E-state index in [9.17, 15) is 13.2 Å². The molecular weight excluding hydrogens is 328 g/mol. The Kier molecular flexibility index (Phi) is 5.32. The summed E-state index contributed by atoms with van der Waals surface area (Å²) in [7, 11) is -3.56. The van der Waals surface area contributed by atoms with Crippen LogP contribution in [0.2, 0.25) is 0 Å². The van der Waals surface area contributed by atoms with Crippen molar-refractivity contribution in [2.75, 3.05) is 6.61 Å². The van der Waals surface area contributed by atoms with Crippen molar-refractivity contribution in [3.8, 4) is 5.75 Å². The highest BCUT2D eigenvalue weighted by atomic mass is 32.2. The molecule has 1 heterocycles. The quantitative estimate of drug-likeness (QED) is 0.812. The number of sulfonamides is 1. The van der Waals surface area contributed by atoms with E-state index in [1.807, 2.05) is 20.8 Å². The van der Waals surface area contributed by atoms with Gasteiger partial charge in [-0.1, -0.05) is 32.9 Å². The number of fused-ring (bicyclic) bond motifs is 1. The summed E-state index contributed by atoms with van der Waals surface area (Å²) >= 11 is 0. The molecule has 7 heteroatoms. The summed E-state index contributed by atoms with van der Waals surface area (Å²) in [6.07, 6.45) is 1.80. The third-order valence-electron chi connectivity index (χ3n) is 4.04. The second-order valence-corrected chi connectivity index (χ2v) is 8.47. The maximum Gasteiger partial charge on any atom is 0.259 e. The predicted molar refractivity (Wildman–Crippen MR) is 93.6 cm³/mol. The summed E-state index contributed by atoms with van der Waals surface area (Å²) < 4.78 is 32.9. The SMILES string of the molecule is CCC(=O)CCC(C)(C)COc1cccc2c1C(N)=NS(=O)(=O)C2. The summed E-state index contributed by atoms with van der Waals surface area (Å²) in [6, 6.07) is 5.22. The van der Waals surface area contributed by atoms with Gasteiger partial charge in [-0.05, 0) is 23.5 Å². The fraction of sp³-hybridized carbons (Fsp3) is 0.529. The monoisotopic (exact) mass is 352 g/mol. The number of hydrogen-bond acceptors (Lipinski definition) is 5.